The second-order valence-electron chi connectivity index (χ2n) is 23.4. The summed E-state index contributed by atoms with van der Waals surface area (Å²) in [7, 11) is 1.77. The van der Waals surface area contributed by atoms with Gasteiger partial charge in [-0.2, -0.15) is 70.8 Å². The SMILES string of the molecule is CC(F)(C(F)(F)F)C(F)(F)F.S=C(Cl)Cl.[2H]CF.[C-]#[N+]C(C)(C)Nc1ccc(C(=O)NC)c(F)c1.[C-]#[N+]c1ccc(N)cc1C(C)(F)C(F)(F)F.[C-]#[N+]c1ccc(N)cc1I.[C-]#[N+]c1ccc(N2C(=O)C(C)(C)N(c3ccc(C(=O)NC)c(F)c3)C2=S)cc1C(C)(F)C(F)(F)F.[C-]#[N+]c1ccc(N=C=S)cc1C(C)(F)C(F)(F)F. The third-order valence-corrected chi connectivity index (χ3v) is 15.9. The quantitative estimate of drug-likeness (QED) is 0.0169. The maximum absolute atomic E-state index is 14.8. The summed E-state index contributed by atoms with van der Waals surface area (Å²) in [5.41, 5.74) is -10.0. The van der Waals surface area contributed by atoms with Gasteiger partial charge in [0.25, 0.3) is 29.1 Å². The molecule has 3 unspecified atom stereocenters. The Bertz CT molecular complexity index is 4720. The summed E-state index contributed by atoms with van der Waals surface area (Å²) < 4.78 is 281. The molecule has 44 heteroatoms. The van der Waals surface area contributed by atoms with Gasteiger partial charge in [-0.05, 0) is 151 Å². The molecule has 1 aliphatic heterocycles. The topological polar surface area (TPSA) is 180 Å². The number of carbonyl (C=O) groups is 3. The Morgan fingerprint density at radius 1 is 0.566 bits per heavy atom. The molecule has 113 heavy (non-hydrogen) atoms. The van der Waals surface area contributed by atoms with Gasteiger partial charge in [0.2, 0.25) is 17.0 Å². The molecule has 7 N–H and O–H groups in total. The van der Waals surface area contributed by atoms with Crippen molar-refractivity contribution in [3.8, 4) is 0 Å². The maximum Gasteiger partial charge on any atom is 0.431 e. The third-order valence-electron chi connectivity index (χ3n) is 14.6. The summed E-state index contributed by atoms with van der Waals surface area (Å²) in [6.07, 6.45) is -27.3. The average Bonchev–Trinajstić information content (AvgIpc) is 1.57. The number of nitrogen functional groups attached to an aromatic ring is 2. The highest BCUT2D eigenvalue weighted by atomic mass is 127. The molecule has 1 aliphatic rings. The van der Waals surface area contributed by atoms with E-state index in [9.17, 15) is 111 Å². The monoisotopic (exact) mass is 1830 g/mol. The van der Waals surface area contributed by atoms with Crippen LogP contribution in [-0.2, 0) is 21.8 Å². The number of hydrogen-bond acceptors (Lipinski definition) is 10. The van der Waals surface area contributed by atoms with Crippen molar-refractivity contribution in [2.75, 3.05) is 47.8 Å². The number of hydrogen-bond donors (Lipinski definition) is 5. The Kier molecular flexibility index (Phi) is 36.9. The molecule has 7 rings (SSSR count). The fraction of sp³-hybridized carbons (Fsp3) is 0.319. The zero-order chi connectivity index (χ0) is 89.4. The first-order valence-corrected chi connectivity index (χ1v) is 32.9. The van der Waals surface area contributed by atoms with Gasteiger partial charge in [0.15, 0.2) is 31.6 Å². The number of carbonyl (C=O) groups excluding carboxylic acids is 3. The van der Waals surface area contributed by atoms with Gasteiger partial charge >= 0.3 is 30.9 Å². The molecule has 6 aromatic rings. The molecule has 1 saturated heterocycles. The standard InChI is InChI=1S/C23H19F5N4O2S.C12H14FN3O.C11H6F4N2S.C10H8F4N2.C7H5IN2.C4H3F7.CCl2S.CH3F/c1-21(2)19(34)31(12-7-9-17(29-4)15(10-12)22(3,25)23(26,27)28)20(35)32(21)13-6-8-14(16(24)11-13)18(33)30-5;1-12(2,15-4)16-8-5-6-9(10(13)7-8)11(17)14-3;1-10(12,11(13,14)15)8-5-7(17-6-18)3-4-9(8)16-2;1-9(11,10(12,13)14)7-5-6(15)3-4-8(7)16-2;1-10-7-3-2-5(9)4-6(7)8;1-2(5,3(6,7)8)4(9,10)11;2-1(3)4;1-2/h6-11H,1-3,5H3,(H,30,33);5-7,16H,1-3H3,(H,14,17);3-5H,1H3;3-5H,15H2,1H3;2-4H,9H2;1H3;;1H3/i;;;;;;;1D. The number of thiocarbonyl (C=S) groups is 3. The van der Waals surface area contributed by atoms with Gasteiger partial charge in [-0.1, -0.05) is 82.3 Å². The minimum absolute atomic E-state index is 0.0144. The van der Waals surface area contributed by atoms with Crippen LogP contribution in [0.25, 0.3) is 24.2 Å². The molecule has 1 heterocycles. The molecular formula is C69H58Cl2F22IN13O3S3. The second-order valence-corrected chi connectivity index (χ2v) is 26.9. The molecule has 16 nitrogen and oxygen atoms in total. The van der Waals surface area contributed by atoms with Crippen LogP contribution in [-0.4, -0.2) is 101 Å². The first-order valence-electron chi connectivity index (χ1n) is 30.5. The Balaban J connectivity index is 0.00000139. The Morgan fingerprint density at radius 2 is 0.920 bits per heavy atom. The van der Waals surface area contributed by atoms with Crippen molar-refractivity contribution in [1.82, 2.24) is 10.6 Å². The van der Waals surface area contributed by atoms with E-state index in [-0.39, 0.29) is 49.7 Å². The van der Waals surface area contributed by atoms with Crippen molar-refractivity contribution in [1.29, 1.82) is 0 Å². The molecule has 0 aromatic heterocycles. The molecule has 0 saturated carbocycles. The first-order chi connectivity index (χ1) is 51.8. The van der Waals surface area contributed by atoms with Gasteiger partial charge in [-0.25, -0.2) is 52.3 Å². The van der Waals surface area contributed by atoms with Crippen LogP contribution in [0, 0.1) is 48.1 Å². The van der Waals surface area contributed by atoms with Gasteiger partial charge in [-0.15, -0.1) is 0 Å². The molecular weight excluding hydrogens is 1770 g/mol. The van der Waals surface area contributed by atoms with E-state index in [1.807, 2.05) is 5.16 Å². The van der Waals surface area contributed by atoms with Crippen LogP contribution in [0.15, 0.2) is 114 Å². The molecule has 6 aromatic carbocycles. The van der Waals surface area contributed by atoms with E-state index in [1.54, 1.807) is 38.1 Å². The lowest BCUT2D eigenvalue weighted by Crippen LogP contribution is -2.50. The molecule has 610 valence electrons. The zero-order valence-corrected chi connectivity index (χ0v) is 65.3. The van der Waals surface area contributed by atoms with Crippen LogP contribution in [0.2, 0.25) is 0 Å². The number of aliphatic imine (C=N–C) groups is 1. The second kappa shape index (κ2) is 41.2. The smallest absolute Gasteiger partial charge is 0.399 e. The maximum atomic E-state index is 14.8. The number of amides is 3. The minimum Gasteiger partial charge on any atom is -0.399 e. The summed E-state index contributed by atoms with van der Waals surface area (Å²) in [6, 6.07) is 22.2. The number of nitrogens with zero attached hydrogens (tertiary/aromatic N) is 8. The van der Waals surface area contributed by atoms with Crippen molar-refractivity contribution in [2.45, 2.75) is 120 Å². The van der Waals surface area contributed by atoms with Crippen LogP contribution in [0.5, 0.6) is 0 Å². The van der Waals surface area contributed by atoms with Crippen molar-refractivity contribution in [3.05, 3.63) is 209 Å². The predicted octanol–water partition coefficient (Wildman–Crippen LogP) is 23.5. The molecule has 0 spiro atoms. The molecule has 0 radical (unpaired) electrons. The fourth-order valence-electron chi connectivity index (χ4n) is 8.23. The summed E-state index contributed by atoms with van der Waals surface area (Å²) in [6.45, 7) is 41.0. The zero-order valence-electron chi connectivity index (χ0n) is 60.2. The predicted molar refractivity (Wildman–Crippen MR) is 404 cm³/mol. The fourth-order valence-corrected chi connectivity index (χ4v) is 9.51. The number of nitrogens with two attached hydrogens (primary N) is 2. The summed E-state index contributed by atoms with van der Waals surface area (Å²) >= 11 is 25.4. The van der Waals surface area contributed by atoms with E-state index in [0.29, 0.717) is 30.9 Å². The van der Waals surface area contributed by atoms with Crippen LogP contribution in [0.4, 0.5) is 153 Å². The molecule has 3 atom stereocenters. The molecule has 0 aliphatic carbocycles. The summed E-state index contributed by atoms with van der Waals surface area (Å²) in [5.74, 6) is -3.31. The lowest BCUT2D eigenvalue weighted by Gasteiger charge is -2.29. The number of isothiocyanates is 1. The number of nitrogens with one attached hydrogen (secondary N) is 3. The van der Waals surface area contributed by atoms with Crippen molar-refractivity contribution >= 4 is 171 Å². The number of benzene rings is 6. The van der Waals surface area contributed by atoms with E-state index >= 15 is 0 Å². The largest absolute Gasteiger partial charge is 0.431 e. The van der Waals surface area contributed by atoms with E-state index < -0.39 is 142 Å². The van der Waals surface area contributed by atoms with Gasteiger partial charge < -0.3 is 32.3 Å². The van der Waals surface area contributed by atoms with Gasteiger partial charge in [-0.3, -0.25) is 28.5 Å². The highest BCUT2D eigenvalue weighted by molar-refractivity contribution is 14.1. The third kappa shape index (κ3) is 27.2. The molecule has 1 fully saturated rings. The number of alkyl halides is 20. The number of rotatable bonds is 10. The van der Waals surface area contributed by atoms with Crippen LogP contribution in [0.3, 0.4) is 0 Å². The van der Waals surface area contributed by atoms with E-state index in [2.05, 4.69) is 92.2 Å². The minimum atomic E-state index is -5.91. The average molecular weight is 1830 g/mol. The van der Waals surface area contributed by atoms with Gasteiger partial charge in [0.1, 0.15) is 17.2 Å². The lowest BCUT2D eigenvalue weighted by atomic mass is 9.94. The Morgan fingerprint density at radius 3 is 1.27 bits per heavy atom. The first kappa shape index (κ1) is 101. The lowest BCUT2D eigenvalue weighted by molar-refractivity contribution is -0.334. The summed E-state index contributed by atoms with van der Waals surface area (Å²) in [4.78, 5) is 57.4. The van der Waals surface area contributed by atoms with E-state index in [4.69, 9.17) is 81.1 Å². The normalized spacial score (nSPS) is 14.0. The van der Waals surface area contributed by atoms with Crippen LogP contribution < -0.4 is 37.2 Å². The summed E-state index contributed by atoms with van der Waals surface area (Å²) in [5, 5.41) is 9.28. The van der Waals surface area contributed by atoms with Crippen molar-refractivity contribution in [3.63, 3.8) is 0 Å². The van der Waals surface area contributed by atoms with Gasteiger partial charge in [0, 0.05) is 76.6 Å². The van der Waals surface area contributed by atoms with Crippen LogP contribution in [0.1, 0.15) is 94.2 Å². The molecule has 3 amide bonds. The van der Waals surface area contributed by atoms with Crippen LogP contribution >= 0.6 is 82.4 Å². The van der Waals surface area contributed by atoms with Crippen molar-refractivity contribution < 1.29 is 112 Å². The van der Waals surface area contributed by atoms with E-state index in [1.165, 1.54) is 75.3 Å². The van der Waals surface area contributed by atoms with Gasteiger partial charge in [0.05, 0.1) is 56.8 Å². The Hall–Kier alpha value is -9.87. The number of halogens is 25. The highest BCUT2D eigenvalue weighted by Crippen LogP contribution is 2.51. The van der Waals surface area contributed by atoms with Crippen molar-refractivity contribution in [2.24, 2.45) is 4.99 Å². The molecule has 0 bridgehead atoms. The Labute approximate surface area is 672 Å². The van der Waals surface area contributed by atoms with E-state index in [0.717, 1.165) is 50.9 Å². The number of anilines is 5. The highest BCUT2D eigenvalue weighted by Gasteiger charge is 2.69.